The predicted octanol–water partition coefficient (Wildman–Crippen LogP) is 0.812. The zero-order chi connectivity index (χ0) is 12.3. The molecule has 1 aromatic rings. The van der Waals surface area contributed by atoms with Crippen molar-refractivity contribution < 1.29 is 19.1 Å². The Morgan fingerprint density at radius 3 is 3.29 bits per heavy atom. The molecule has 1 aliphatic heterocycles. The molecule has 0 unspecified atom stereocenters. The molecule has 0 bridgehead atoms. The normalized spacial score (nSPS) is 20.4. The van der Waals surface area contributed by atoms with Gasteiger partial charge in [0.05, 0.1) is 12.7 Å². The molecule has 1 aromatic heterocycles. The highest BCUT2D eigenvalue weighted by Gasteiger charge is 2.23. The summed E-state index contributed by atoms with van der Waals surface area (Å²) >= 11 is 0. The zero-order valence-electron chi connectivity index (χ0n) is 9.76. The Morgan fingerprint density at radius 1 is 1.76 bits per heavy atom. The fourth-order valence-electron chi connectivity index (χ4n) is 1.84. The van der Waals surface area contributed by atoms with Gasteiger partial charge in [-0.05, 0) is 19.8 Å². The van der Waals surface area contributed by atoms with Gasteiger partial charge in [0, 0.05) is 13.1 Å². The van der Waals surface area contributed by atoms with Crippen LogP contribution >= 0.6 is 0 Å². The molecule has 0 amide bonds. The number of hydrogen-bond acceptors (Lipinski definition) is 6. The SMILES string of the molecule is CCOC(=O)c1coc(N2CCC[C@H](O)C2)n1. The van der Waals surface area contributed by atoms with Gasteiger partial charge in [0.15, 0.2) is 5.69 Å². The number of aliphatic hydroxyl groups is 1. The molecule has 1 N–H and O–H groups in total. The largest absolute Gasteiger partial charge is 0.461 e. The number of anilines is 1. The van der Waals surface area contributed by atoms with E-state index in [-0.39, 0.29) is 11.8 Å². The first-order chi connectivity index (χ1) is 8.20. The first-order valence-electron chi connectivity index (χ1n) is 5.76. The van der Waals surface area contributed by atoms with Crippen LogP contribution < -0.4 is 4.90 Å². The number of carbonyl (C=O) groups is 1. The van der Waals surface area contributed by atoms with Crippen molar-refractivity contribution in [2.75, 3.05) is 24.6 Å². The van der Waals surface area contributed by atoms with Gasteiger partial charge in [-0.1, -0.05) is 0 Å². The number of ether oxygens (including phenoxy) is 1. The Bertz CT molecular complexity index is 391. The third-order valence-corrected chi connectivity index (χ3v) is 2.64. The first kappa shape index (κ1) is 11.9. The van der Waals surface area contributed by atoms with Crippen molar-refractivity contribution in [2.24, 2.45) is 0 Å². The van der Waals surface area contributed by atoms with E-state index in [1.54, 1.807) is 6.92 Å². The summed E-state index contributed by atoms with van der Waals surface area (Å²) in [5, 5.41) is 9.54. The van der Waals surface area contributed by atoms with Crippen LogP contribution in [0, 0.1) is 0 Å². The molecule has 0 saturated carbocycles. The Labute approximate surface area is 99.2 Å². The number of oxazole rings is 1. The second-order valence-electron chi connectivity index (χ2n) is 3.98. The number of aromatic nitrogens is 1. The highest BCUT2D eigenvalue weighted by Crippen LogP contribution is 2.19. The summed E-state index contributed by atoms with van der Waals surface area (Å²) in [7, 11) is 0. The molecule has 1 fully saturated rings. The molecule has 0 aromatic carbocycles. The van der Waals surface area contributed by atoms with Crippen molar-refractivity contribution >= 4 is 12.0 Å². The van der Waals surface area contributed by atoms with E-state index in [1.165, 1.54) is 6.26 Å². The molecule has 94 valence electrons. The summed E-state index contributed by atoms with van der Waals surface area (Å²) in [6, 6.07) is 0.367. The fourth-order valence-corrected chi connectivity index (χ4v) is 1.84. The molecule has 6 heteroatoms. The average Bonchev–Trinajstić information content (AvgIpc) is 2.78. The van der Waals surface area contributed by atoms with Gasteiger partial charge in [-0.2, -0.15) is 4.98 Å². The van der Waals surface area contributed by atoms with Gasteiger partial charge in [0.1, 0.15) is 6.26 Å². The van der Waals surface area contributed by atoms with Crippen molar-refractivity contribution in [1.29, 1.82) is 0 Å². The van der Waals surface area contributed by atoms with E-state index in [0.29, 0.717) is 19.2 Å². The highest BCUT2D eigenvalue weighted by molar-refractivity contribution is 5.87. The minimum Gasteiger partial charge on any atom is -0.461 e. The predicted molar refractivity (Wildman–Crippen MR) is 59.9 cm³/mol. The van der Waals surface area contributed by atoms with Crippen molar-refractivity contribution in [2.45, 2.75) is 25.9 Å². The van der Waals surface area contributed by atoms with Gasteiger partial charge in [0.2, 0.25) is 0 Å². The van der Waals surface area contributed by atoms with E-state index >= 15 is 0 Å². The van der Waals surface area contributed by atoms with Gasteiger partial charge in [-0.15, -0.1) is 0 Å². The van der Waals surface area contributed by atoms with E-state index in [2.05, 4.69) is 4.98 Å². The first-order valence-corrected chi connectivity index (χ1v) is 5.76. The zero-order valence-corrected chi connectivity index (χ0v) is 9.76. The highest BCUT2D eigenvalue weighted by atomic mass is 16.5. The van der Waals surface area contributed by atoms with Gasteiger partial charge in [0.25, 0.3) is 6.01 Å². The molecule has 0 spiro atoms. The van der Waals surface area contributed by atoms with Gasteiger partial charge >= 0.3 is 5.97 Å². The van der Waals surface area contributed by atoms with Crippen molar-refractivity contribution in [1.82, 2.24) is 4.98 Å². The van der Waals surface area contributed by atoms with Crippen LogP contribution in [-0.2, 0) is 4.74 Å². The maximum atomic E-state index is 11.4. The van der Waals surface area contributed by atoms with Crippen LogP contribution in [0.25, 0.3) is 0 Å². The maximum Gasteiger partial charge on any atom is 0.360 e. The second kappa shape index (κ2) is 5.18. The second-order valence-corrected chi connectivity index (χ2v) is 3.98. The minimum atomic E-state index is -0.486. The number of esters is 1. The molecular formula is C11H16N2O4. The number of β-amino-alcohol motifs (C(OH)–C–C–N with tert-alkyl or cyclic N) is 1. The summed E-state index contributed by atoms with van der Waals surface area (Å²) in [6.45, 7) is 3.31. The average molecular weight is 240 g/mol. The van der Waals surface area contributed by atoms with Gasteiger partial charge < -0.3 is 19.2 Å². The molecule has 17 heavy (non-hydrogen) atoms. The van der Waals surface area contributed by atoms with E-state index < -0.39 is 5.97 Å². The third kappa shape index (κ3) is 2.76. The molecule has 6 nitrogen and oxygen atoms in total. The number of hydrogen-bond donors (Lipinski definition) is 1. The van der Waals surface area contributed by atoms with Crippen molar-refractivity contribution in [3.05, 3.63) is 12.0 Å². The van der Waals surface area contributed by atoms with Crippen LogP contribution in [0.1, 0.15) is 30.3 Å². The lowest BCUT2D eigenvalue weighted by Gasteiger charge is -2.28. The molecular weight excluding hydrogens is 224 g/mol. The lowest BCUT2D eigenvalue weighted by atomic mass is 10.1. The number of piperidine rings is 1. The summed E-state index contributed by atoms with van der Waals surface area (Å²) in [6.07, 6.45) is 2.61. The van der Waals surface area contributed by atoms with Crippen LogP contribution in [0.2, 0.25) is 0 Å². The van der Waals surface area contributed by atoms with Crippen LogP contribution in [-0.4, -0.2) is 41.9 Å². The summed E-state index contributed by atoms with van der Waals surface area (Å²) in [5.74, 6) is -0.486. The molecule has 2 rings (SSSR count). The molecule has 1 aliphatic rings. The maximum absolute atomic E-state index is 11.4. The molecule has 1 atom stereocenters. The molecule has 2 heterocycles. The van der Waals surface area contributed by atoms with Crippen LogP contribution in [0.3, 0.4) is 0 Å². The summed E-state index contributed by atoms with van der Waals surface area (Å²) in [5.41, 5.74) is 0.168. The quantitative estimate of drug-likeness (QED) is 0.788. The number of rotatable bonds is 3. The van der Waals surface area contributed by atoms with Crippen LogP contribution in [0.4, 0.5) is 6.01 Å². The summed E-state index contributed by atoms with van der Waals surface area (Å²) in [4.78, 5) is 17.3. The van der Waals surface area contributed by atoms with E-state index in [1.807, 2.05) is 4.90 Å². The van der Waals surface area contributed by atoms with Gasteiger partial charge in [-0.25, -0.2) is 4.79 Å². The van der Waals surface area contributed by atoms with Gasteiger partial charge in [-0.3, -0.25) is 0 Å². The molecule has 0 radical (unpaired) electrons. The number of nitrogens with zero attached hydrogens (tertiary/aromatic N) is 2. The Morgan fingerprint density at radius 2 is 2.59 bits per heavy atom. The smallest absolute Gasteiger partial charge is 0.360 e. The monoisotopic (exact) mass is 240 g/mol. The molecule has 1 saturated heterocycles. The Hall–Kier alpha value is -1.56. The van der Waals surface area contributed by atoms with Crippen molar-refractivity contribution in [3.8, 4) is 0 Å². The molecule has 0 aliphatic carbocycles. The summed E-state index contributed by atoms with van der Waals surface area (Å²) < 4.78 is 10.0. The Kier molecular flexibility index (Phi) is 3.63. The lowest BCUT2D eigenvalue weighted by Crippen LogP contribution is -2.38. The Balaban J connectivity index is 2.04. The fraction of sp³-hybridized carbons (Fsp3) is 0.636. The number of carbonyl (C=O) groups excluding carboxylic acids is 1. The van der Waals surface area contributed by atoms with E-state index in [9.17, 15) is 9.90 Å². The van der Waals surface area contributed by atoms with Crippen molar-refractivity contribution in [3.63, 3.8) is 0 Å². The third-order valence-electron chi connectivity index (χ3n) is 2.64. The standard InChI is InChI=1S/C11H16N2O4/c1-2-16-10(15)9-7-17-11(12-9)13-5-3-4-8(14)6-13/h7-8,14H,2-6H2,1H3/t8-/m0/s1. The number of aliphatic hydroxyl groups excluding tert-OH is 1. The van der Waals surface area contributed by atoms with E-state index in [4.69, 9.17) is 9.15 Å². The van der Waals surface area contributed by atoms with E-state index in [0.717, 1.165) is 19.4 Å². The minimum absolute atomic E-state index is 0.168. The van der Waals surface area contributed by atoms with Crippen LogP contribution in [0.15, 0.2) is 10.7 Å². The van der Waals surface area contributed by atoms with Crippen LogP contribution in [0.5, 0.6) is 0 Å². The lowest BCUT2D eigenvalue weighted by molar-refractivity contribution is 0.0519. The topological polar surface area (TPSA) is 75.8 Å².